The van der Waals surface area contributed by atoms with Crippen molar-refractivity contribution in [1.82, 2.24) is 24.6 Å². The second-order valence-corrected chi connectivity index (χ2v) is 7.18. The first-order valence-corrected chi connectivity index (χ1v) is 9.80. The van der Waals surface area contributed by atoms with Crippen molar-refractivity contribution < 1.29 is 19.1 Å². The molecule has 0 aliphatic carbocycles. The first-order valence-electron chi connectivity index (χ1n) is 8.21. The van der Waals surface area contributed by atoms with Crippen LogP contribution in [0.4, 0.5) is 5.69 Å². The van der Waals surface area contributed by atoms with Crippen LogP contribution in [0.5, 0.6) is 0 Å². The molecular formula is C16H16N6O4S2. The van der Waals surface area contributed by atoms with Crippen LogP contribution in [0.1, 0.15) is 34.8 Å². The van der Waals surface area contributed by atoms with E-state index in [4.69, 9.17) is 15.2 Å². The van der Waals surface area contributed by atoms with Crippen molar-refractivity contribution in [2.75, 3.05) is 18.9 Å². The van der Waals surface area contributed by atoms with Crippen molar-refractivity contribution in [3.8, 4) is 5.69 Å². The van der Waals surface area contributed by atoms with E-state index in [0.717, 1.165) is 23.3 Å². The van der Waals surface area contributed by atoms with Crippen LogP contribution >= 0.6 is 23.3 Å². The van der Waals surface area contributed by atoms with Crippen LogP contribution in [-0.4, -0.2) is 49.7 Å². The molecule has 2 N–H and O–H groups in total. The number of benzene rings is 1. The molecule has 2 heterocycles. The van der Waals surface area contributed by atoms with Crippen LogP contribution < -0.4 is 5.73 Å². The number of para-hydroxylation sites is 2. The van der Waals surface area contributed by atoms with E-state index < -0.39 is 11.9 Å². The minimum Gasteiger partial charge on any atom is -0.461 e. The van der Waals surface area contributed by atoms with Crippen molar-refractivity contribution in [2.45, 2.75) is 23.1 Å². The van der Waals surface area contributed by atoms with E-state index in [1.54, 1.807) is 38.1 Å². The molecule has 0 aliphatic rings. The highest BCUT2D eigenvalue weighted by Crippen LogP contribution is 2.36. The van der Waals surface area contributed by atoms with Gasteiger partial charge in [-0.3, -0.25) is 0 Å². The van der Waals surface area contributed by atoms with Gasteiger partial charge in [-0.1, -0.05) is 33.6 Å². The Morgan fingerprint density at radius 1 is 1.11 bits per heavy atom. The molecule has 2 aromatic heterocycles. The lowest BCUT2D eigenvalue weighted by Crippen LogP contribution is -2.09. The van der Waals surface area contributed by atoms with Crippen molar-refractivity contribution in [2.24, 2.45) is 0 Å². The highest BCUT2D eigenvalue weighted by Gasteiger charge is 2.27. The molecule has 0 saturated heterocycles. The number of nitrogens with zero attached hydrogens (tertiary/aromatic N) is 5. The number of hydrogen-bond donors (Lipinski definition) is 1. The SMILES string of the molecule is CCOC(=O)c1nnsc1Sc1c(C(=O)OCC)nnn1-c1ccccc1N. The largest absolute Gasteiger partial charge is 0.461 e. The molecule has 0 aliphatic heterocycles. The Morgan fingerprint density at radius 3 is 2.46 bits per heavy atom. The maximum Gasteiger partial charge on any atom is 0.361 e. The molecule has 0 fully saturated rings. The number of anilines is 1. The van der Waals surface area contributed by atoms with Gasteiger partial charge >= 0.3 is 11.9 Å². The number of aromatic nitrogens is 5. The first kappa shape index (κ1) is 19.8. The van der Waals surface area contributed by atoms with Crippen LogP contribution in [0.15, 0.2) is 33.5 Å². The summed E-state index contributed by atoms with van der Waals surface area (Å²) in [7, 11) is 0. The normalized spacial score (nSPS) is 10.6. The maximum absolute atomic E-state index is 12.3. The van der Waals surface area contributed by atoms with Gasteiger partial charge in [0.15, 0.2) is 5.69 Å². The monoisotopic (exact) mass is 420 g/mol. The highest BCUT2D eigenvalue weighted by atomic mass is 32.2. The molecule has 0 radical (unpaired) electrons. The van der Waals surface area contributed by atoms with Gasteiger partial charge in [0.2, 0.25) is 5.69 Å². The Morgan fingerprint density at radius 2 is 1.79 bits per heavy atom. The Kier molecular flexibility index (Phi) is 6.21. The molecule has 0 unspecified atom stereocenters. The summed E-state index contributed by atoms with van der Waals surface area (Å²) >= 11 is 2.06. The zero-order chi connectivity index (χ0) is 20.1. The Bertz CT molecular complexity index is 1000. The van der Waals surface area contributed by atoms with Gasteiger partial charge in [-0.25, -0.2) is 14.3 Å². The summed E-state index contributed by atoms with van der Waals surface area (Å²) in [6.07, 6.45) is 0. The molecule has 3 rings (SSSR count). The van der Waals surface area contributed by atoms with Crippen LogP contribution in [0.3, 0.4) is 0 Å². The summed E-state index contributed by atoms with van der Waals surface area (Å²) in [6.45, 7) is 3.77. The molecular weight excluding hydrogens is 404 g/mol. The second-order valence-electron chi connectivity index (χ2n) is 5.17. The van der Waals surface area contributed by atoms with Gasteiger partial charge < -0.3 is 15.2 Å². The van der Waals surface area contributed by atoms with Crippen LogP contribution in [0.25, 0.3) is 5.69 Å². The zero-order valence-electron chi connectivity index (χ0n) is 15.0. The van der Waals surface area contributed by atoms with E-state index in [2.05, 4.69) is 19.9 Å². The summed E-state index contributed by atoms with van der Waals surface area (Å²) in [4.78, 5) is 24.4. The molecule has 0 atom stereocenters. The average Bonchev–Trinajstić information content (AvgIpc) is 3.30. The third kappa shape index (κ3) is 3.97. The van der Waals surface area contributed by atoms with Gasteiger partial charge in [-0.05, 0) is 37.5 Å². The predicted octanol–water partition coefficient (Wildman–Crippen LogP) is 2.21. The molecule has 12 heteroatoms. The van der Waals surface area contributed by atoms with Crippen LogP contribution in [-0.2, 0) is 9.47 Å². The number of ether oxygens (including phenoxy) is 2. The zero-order valence-corrected chi connectivity index (χ0v) is 16.6. The highest BCUT2D eigenvalue weighted by molar-refractivity contribution is 8.01. The fourth-order valence-electron chi connectivity index (χ4n) is 2.19. The predicted molar refractivity (Wildman–Crippen MR) is 102 cm³/mol. The maximum atomic E-state index is 12.3. The average molecular weight is 420 g/mol. The number of hydrogen-bond acceptors (Lipinski definition) is 11. The molecule has 0 saturated carbocycles. The van der Waals surface area contributed by atoms with Crippen molar-refractivity contribution in [3.05, 3.63) is 35.7 Å². The van der Waals surface area contributed by atoms with Gasteiger partial charge in [0.1, 0.15) is 9.24 Å². The third-order valence-electron chi connectivity index (χ3n) is 3.38. The van der Waals surface area contributed by atoms with E-state index in [1.165, 1.54) is 4.68 Å². The van der Waals surface area contributed by atoms with E-state index in [0.29, 0.717) is 20.6 Å². The number of nitrogens with two attached hydrogens (primary N) is 1. The second kappa shape index (κ2) is 8.80. The minimum absolute atomic E-state index is 0.00156. The van der Waals surface area contributed by atoms with Gasteiger partial charge in [0.05, 0.1) is 24.6 Å². The molecule has 0 bridgehead atoms. The molecule has 28 heavy (non-hydrogen) atoms. The summed E-state index contributed by atoms with van der Waals surface area (Å²) < 4.78 is 15.7. The molecule has 10 nitrogen and oxygen atoms in total. The first-order chi connectivity index (χ1) is 13.6. The number of rotatable bonds is 7. The summed E-state index contributed by atoms with van der Waals surface area (Å²) in [6, 6.07) is 7.00. The lowest BCUT2D eigenvalue weighted by atomic mass is 10.3. The fourth-order valence-corrected chi connectivity index (χ4v) is 3.92. The van der Waals surface area contributed by atoms with Crippen LogP contribution in [0.2, 0.25) is 0 Å². The van der Waals surface area contributed by atoms with Gasteiger partial charge in [-0.15, -0.1) is 10.2 Å². The van der Waals surface area contributed by atoms with E-state index in [1.807, 2.05) is 0 Å². The number of carbonyl (C=O) groups is 2. The number of esters is 2. The van der Waals surface area contributed by atoms with Crippen LogP contribution in [0, 0.1) is 0 Å². The van der Waals surface area contributed by atoms with E-state index in [9.17, 15) is 9.59 Å². The number of carbonyl (C=O) groups excluding carboxylic acids is 2. The Hall–Kier alpha value is -2.99. The summed E-state index contributed by atoms with van der Waals surface area (Å²) in [5.74, 6) is -1.24. The standard InChI is InChI=1S/C16H16N6O4S2/c1-3-25-14(23)11-13(22(20-18-11)10-8-6-5-7-9(10)17)27-16-12(19-21-28-16)15(24)26-4-2/h5-8H,3-4,17H2,1-2H3. The summed E-state index contributed by atoms with van der Waals surface area (Å²) in [5, 5.41) is 12.2. The van der Waals surface area contributed by atoms with E-state index >= 15 is 0 Å². The lowest BCUT2D eigenvalue weighted by molar-refractivity contribution is 0.0507. The molecule has 0 amide bonds. The Labute approximate surface area is 168 Å². The minimum atomic E-state index is -0.638. The Balaban J connectivity index is 2.07. The van der Waals surface area contributed by atoms with Gasteiger partial charge in [0.25, 0.3) is 0 Å². The van der Waals surface area contributed by atoms with Crippen molar-refractivity contribution in [1.29, 1.82) is 0 Å². The van der Waals surface area contributed by atoms with Crippen molar-refractivity contribution in [3.63, 3.8) is 0 Å². The lowest BCUT2D eigenvalue weighted by Gasteiger charge is -2.09. The third-order valence-corrected chi connectivity index (χ3v) is 5.31. The van der Waals surface area contributed by atoms with Crippen molar-refractivity contribution >= 4 is 40.9 Å². The summed E-state index contributed by atoms with van der Waals surface area (Å²) in [5.41, 5.74) is 7.07. The fraction of sp³-hybridized carbons (Fsp3) is 0.250. The molecule has 1 aromatic carbocycles. The molecule has 146 valence electrons. The smallest absolute Gasteiger partial charge is 0.361 e. The topological polar surface area (TPSA) is 135 Å². The van der Waals surface area contributed by atoms with Gasteiger partial charge in [0, 0.05) is 0 Å². The quantitative estimate of drug-likeness (QED) is 0.447. The van der Waals surface area contributed by atoms with E-state index in [-0.39, 0.29) is 24.6 Å². The number of nitrogen functional groups attached to an aromatic ring is 1. The molecule has 0 spiro atoms. The van der Waals surface area contributed by atoms with Gasteiger partial charge in [-0.2, -0.15) is 0 Å². The molecule has 3 aromatic rings.